The normalized spacial score (nSPS) is 16.0. The van der Waals surface area contributed by atoms with E-state index in [1.54, 1.807) is 17.8 Å². The van der Waals surface area contributed by atoms with Gasteiger partial charge in [0.1, 0.15) is 10.7 Å². The van der Waals surface area contributed by atoms with E-state index in [0.29, 0.717) is 31.1 Å². The quantitative estimate of drug-likeness (QED) is 0.852. The van der Waals surface area contributed by atoms with Crippen LogP contribution in [0, 0.1) is 6.92 Å². The maximum atomic E-state index is 12.9. The molecule has 0 bridgehead atoms. The molecule has 1 aliphatic rings. The first-order valence-corrected chi connectivity index (χ1v) is 9.29. The average Bonchev–Trinajstić information content (AvgIpc) is 3.09. The second kappa shape index (κ2) is 5.76. The van der Waals surface area contributed by atoms with Crippen molar-refractivity contribution in [3.8, 4) is 0 Å². The van der Waals surface area contributed by atoms with E-state index in [4.69, 9.17) is 4.42 Å². The molecular formula is C15H22N4O3S. The highest BCUT2D eigenvalue weighted by atomic mass is 32.2. The standard InChI is InChI=1S/C15H22N4O3S/c1-5-18-9-14(11(4)17-18)23(20,21)19-7-6-13-12(8-19)16-15(22-13)10(2)3/h9-10H,5-8H2,1-4H3. The van der Waals surface area contributed by atoms with Gasteiger partial charge in [0.05, 0.1) is 17.9 Å². The van der Waals surface area contributed by atoms with Gasteiger partial charge in [-0.2, -0.15) is 9.40 Å². The Kier molecular flexibility index (Phi) is 4.05. The summed E-state index contributed by atoms with van der Waals surface area (Å²) in [4.78, 5) is 4.73. The van der Waals surface area contributed by atoms with Gasteiger partial charge in [0, 0.05) is 31.6 Å². The third-order valence-electron chi connectivity index (χ3n) is 4.05. The highest BCUT2D eigenvalue weighted by molar-refractivity contribution is 7.89. The summed E-state index contributed by atoms with van der Waals surface area (Å²) >= 11 is 0. The van der Waals surface area contributed by atoms with Crippen molar-refractivity contribution in [1.29, 1.82) is 0 Å². The third-order valence-corrected chi connectivity index (χ3v) is 5.99. The maximum Gasteiger partial charge on any atom is 0.246 e. The first-order valence-electron chi connectivity index (χ1n) is 7.85. The molecule has 0 saturated carbocycles. The molecule has 8 heteroatoms. The van der Waals surface area contributed by atoms with Crippen LogP contribution in [0.3, 0.4) is 0 Å². The molecule has 7 nitrogen and oxygen atoms in total. The Labute approximate surface area is 136 Å². The maximum absolute atomic E-state index is 12.9. The average molecular weight is 338 g/mol. The van der Waals surface area contributed by atoms with Crippen molar-refractivity contribution in [2.75, 3.05) is 6.54 Å². The molecule has 0 unspecified atom stereocenters. The van der Waals surface area contributed by atoms with Gasteiger partial charge in [-0.15, -0.1) is 0 Å². The molecule has 0 fully saturated rings. The van der Waals surface area contributed by atoms with Crippen LogP contribution in [0.2, 0.25) is 0 Å². The van der Waals surface area contributed by atoms with Crippen molar-refractivity contribution in [3.63, 3.8) is 0 Å². The summed E-state index contributed by atoms with van der Waals surface area (Å²) in [5.41, 5.74) is 1.25. The molecule has 0 radical (unpaired) electrons. The number of aromatic nitrogens is 3. The largest absolute Gasteiger partial charge is 0.445 e. The lowest BCUT2D eigenvalue weighted by atomic mass is 10.2. The van der Waals surface area contributed by atoms with E-state index >= 15 is 0 Å². The van der Waals surface area contributed by atoms with Crippen LogP contribution in [0.4, 0.5) is 0 Å². The van der Waals surface area contributed by atoms with Gasteiger partial charge in [0.25, 0.3) is 0 Å². The molecule has 0 spiro atoms. The van der Waals surface area contributed by atoms with Crippen LogP contribution in [-0.2, 0) is 29.5 Å². The van der Waals surface area contributed by atoms with Crippen LogP contribution in [0.5, 0.6) is 0 Å². The van der Waals surface area contributed by atoms with E-state index in [-0.39, 0.29) is 17.4 Å². The molecule has 2 aromatic heterocycles. The smallest absolute Gasteiger partial charge is 0.246 e. The molecule has 23 heavy (non-hydrogen) atoms. The molecule has 0 aliphatic carbocycles. The molecule has 126 valence electrons. The van der Waals surface area contributed by atoms with Crippen LogP contribution in [0.15, 0.2) is 15.5 Å². The Bertz CT molecular complexity index is 820. The Morgan fingerprint density at radius 2 is 2.13 bits per heavy atom. The predicted octanol–water partition coefficient (Wildman–Crippen LogP) is 2.07. The second-order valence-corrected chi connectivity index (χ2v) is 8.01. The fourth-order valence-corrected chi connectivity index (χ4v) is 4.27. The fourth-order valence-electron chi connectivity index (χ4n) is 2.70. The number of rotatable bonds is 4. The zero-order chi connectivity index (χ0) is 16.8. The molecule has 0 saturated heterocycles. The van der Waals surface area contributed by atoms with Gasteiger partial charge in [-0.1, -0.05) is 13.8 Å². The van der Waals surface area contributed by atoms with Gasteiger partial charge in [-0.25, -0.2) is 13.4 Å². The topological polar surface area (TPSA) is 81.2 Å². The number of nitrogens with zero attached hydrogens (tertiary/aromatic N) is 4. The summed E-state index contributed by atoms with van der Waals surface area (Å²) in [6.07, 6.45) is 2.15. The lowest BCUT2D eigenvalue weighted by molar-refractivity contribution is 0.353. The van der Waals surface area contributed by atoms with Gasteiger partial charge in [0.2, 0.25) is 10.0 Å². The highest BCUT2D eigenvalue weighted by Crippen LogP contribution is 2.28. The number of oxazole rings is 1. The Morgan fingerprint density at radius 3 is 2.74 bits per heavy atom. The van der Waals surface area contributed by atoms with Crippen LogP contribution in [0.25, 0.3) is 0 Å². The molecule has 2 aromatic rings. The van der Waals surface area contributed by atoms with Gasteiger partial charge in [-0.3, -0.25) is 4.68 Å². The molecule has 0 atom stereocenters. The minimum absolute atomic E-state index is 0.190. The first kappa shape index (κ1) is 16.2. The Morgan fingerprint density at radius 1 is 1.39 bits per heavy atom. The molecule has 0 aromatic carbocycles. The number of hydrogen-bond donors (Lipinski definition) is 0. The fraction of sp³-hybridized carbons (Fsp3) is 0.600. The van der Waals surface area contributed by atoms with Gasteiger partial charge < -0.3 is 4.42 Å². The SMILES string of the molecule is CCn1cc(S(=O)(=O)N2CCc3oc(C(C)C)nc3C2)c(C)n1. The summed E-state index contributed by atoms with van der Waals surface area (Å²) in [5, 5.41) is 4.24. The molecule has 3 rings (SSSR count). The van der Waals surface area contributed by atoms with Crippen molar-refractivity contribution in [1.82, 2.24) is 19.1 Å². The molecule has 0 N–H and O–H groups in total. The van der Waals surface area contributed by atoms with Gasteiger partial charge in [-0.05, 0) is 13.8 Å². The zero-order valence-electron chi connectivity index (χ0n) is 13.9. The monoisotopic (exact) mass is 338 g/mol. The summed E-state index contributed by atoms with van der Waals surface area (Å²) in [6.45, 7) is 8.97. The number of aryl methyl sites for hydroxylation is 2. The van der Waals surface area contributed by atoms with E-state index in [1.807, 2.05) is 20.8 Å². The lowest BCUT2D eigenvalue weighted by Gasteiger charge is -2.24. The van der Waals surface area contributed by atoms with E-state index in [1.165, 1.54) is 4.31 Å². The Balaban J connectivity index is 1.91. The molecule has 1 aliphatic heterocycles. The van der Waals surface area contributed by atoms with Crippen molar-refractivity contribution in [2.45, 2.75) is 58.0 Å². The number of fused-ring (bicyclic) bond motifs is 1. The highest BCUT2D eigenvalue weighted by Gasteiger charge is 2.33. The summed E-state index contributed by atoms with van der Waals surface area (Å²) in [5.74, 6) is 1.67. The zero-order valence-corrected chi connectivity index (χ0v) is 14.7. The number of sulfonamides is 1. The van der Waals surface area contributed by atoms with Crippen molar-refractivity contribution < 1.29 is 12.8 Å². The van der Waals surface area contributed by atoms with Crippen LogP contribution in [-0.4, -0.2) is 34.0 Å². The summed E-state index contributed by atoms with van der Waals surface area (Å²) < 4.78 is 34.6. The lowest BCUT2D eigenvalue weighted by Crippen LogP contribution is -2.36. The van der Waals surface area contributed by atoms with Crippen molar-refractivity contribution >= 4 is 10.0 Å². The van der Waals surface area contributed by atoms with Crippen LogP contribution < -0.4 is 0 Å². The molecule has 3 heterocycles. The Hall–Kier alpha value is -1.67. The number of hydrogen-bond acceptors (Lipinski definition) is 5. The van der Waals surface area contributed by atoms with Crippen LogP contribution in [0.1, 0.15) is 49.7 Å². The second-order valence-electron chi connectivity index (χ2n) is 6.10. The van der Waals surface area contributed by atoms with E-state index in [9.17, 15) is 8.42 Å². The van der Waals surface area contributed by atoms with Crippen LogP contribution >= 0.6 is 0 Å². The minimum atomic E-state index is -3.57. The third kappa shape index (κ3) is 2.81. The van der Waals surface area contributed by atoms with E-state index in [0.717, 1.165) is 11.5 Å². The van der Waals surface area contributed by atoms with Gasteiger partial charge in [0.15, 0.2) is 5.89 Å². The van der Waals surface area contributed by atoms with Crippen molar-refractivity contribution in [2.24, 2.45) is 0 Å². The molecule has 0 amide bonds. The molecular weight excluding hydrogens is 316 g/mol. The summed E-state index contributed by atoms with van der Waals surface area (Å²) in [6, 6.07) is 0. The first-order chi connectivity index (χ1) is 10.8. The van der Waals surface area contributed by atoms with Crippen molar-refractivity contribution in [3.05, 3.63) is 29.2 Å². The summed E-state index contributed by atoms with van der Waals surface area (Å²) in [7, 11) is -3.57. The van der Waals surface area contributed by atoms with E-state index < -0.39 is 10.0 Å². The van der Waals surface area contributed by atoms with Gasteiger partial charge >= 0.3 is 0 Å². The van der Waals surface area contributed by atoms with E-state index in [2.05, 4.69) is 10.1 Å². The minimum Gasteiger partial charge on any atom is -0.445 e. The predicted molar refractivity (Wildman–Crippen MR) is 84.5 cm³/mol.